The zero-order valence-electron chi connectivity index (χ0n) is 14.9. The van der Waals surface area contributed by atoms with Crippen LogP contribution in [0.3, 0.4) is 0 Å². The molecular weight excluding hydrogens is 378 g/mol. The molecule has 1 amide bonds. The van der Waals surface area contributed by atoms with Gasteiger partial charge in [0.15, 0.2) is 0 Å². The molecule has 4 rings (SSSR count). The lowest BCUT2D eigenvalue weighted by Crippen LogP contribution is -2.41. The molecule has 0 aliphatic heterocycles. The largest absolute Gasteiger partial charge is 0.351 e. The molecular formula is C20H14F2N6O. The number of anilines is 1. The van der Waals surface area contributed by atoms with Gasteiger partial charge >= 0.3 is 11.8 Å². The molecule has 0 fully saturated rings. The smallest absolute Gasteiger partial charge is 0.266 e. The van der Waals surface area contributed by atoms with E-state index >= 15 is 0 Å². The van der Waals surface area contributed by atoms with Crippen molar-refractivity contribution in [3.05, 3.63) is 78.6 Å². The number of alkyl halides is 2. The summed E-state index contributed by atoms with van der Waals surface area (Å²) in [5.41, 5.74) is 5.61. The average Bonchev–Trinajstić information content (AvgIpc) is 2.78. The number of nitrogens with one attached hydrogen (secondary N) is 2. The topological polar surface area (TPSA) is 92.7 Å². The summed E-state index contributed by atoms with van der Waals surface area (Å²) in [6.07, 6.45) is 2.99. The number of amides is 1. The van der Waals surface area contributed by atoms with Gasteiger partial charge in [-0.2, -0.15) is 8.78 Å². The van der Waals surface area contributed by atoms with Crippen LogP contribution in [0.2, 0.25) is 0 Å². The van der Waals surface area contributed by atoms with Crippen LogP contribution in [0.15, 0.2) is 73.1 Å². The van der Waals surface area contributed by atoms with Gasteiger partial charge in [0, 0.05) is 22.7 Å². The fourth-order valence-electron chi connectivity index (χ4n) is 2.67. The fraction of sp³-hybridized carbons (Fsp3) is 0.0500. The Morgan fingerprint density at radius 2 is 1.76 bits per heavy atom. The average molecular weight is 392 g/mol. The van der Waals surface area contributed by atoms with E-state index in [4.69, 9.17) is 0 Å². The van der Waals surface area contributed by atoms with E-state index in [9.17, 15) is 13.6 Å². The van der Waals surface area contributed by atoms with Crippen LogP contribution in [0.25, 0.3) is 22.2 Å². The van der Waals surface area contributed by atoms with Crippen LogP contribution in [-0.2, 0) is 10.7 Å². The summed E-state index contributed by atoms with van der Waals surface area (Å²) in [5.74, 6) is -5.43. The van der Waals surface area contributed by atoms with Gasteiger partial charge in [0.1, 0.15) is 5.69 Å². The molecule has 9 heteroatoms. The molecule has 0 radical (unpaired) electrons. The van der Waals surface area contributed by atoms with E-state index in [1.54, 1.807) is 18.3 Å². The van der Waals surface area contributed by atoms with Gasteiger partial charge in [-0.1, -0.05) is 42.5 Å². The number of hydrazine groups is 1. The first kappa shape index (κ1) is 18.4. The molecule has 2 aromatic heterocycles. The molecule has 4 aromatic rings. The third-order valence-corrected chi connectivity index (χ3v) is 4.17. The molecule has 2 aromatic carbocycles. The van der Waals surface area contributed by atoms with Crippen LogP contribution in [-0.4, -0.2) is 26.1 Å². The van der Waals surface area contributed by atoms with Crippen LogP contribution < -0.4 is 10.9 Å². The molecule has 0 aliphatic carbocycles. The number of rotatable bonds is 5. The van der Waals surface area contributed by atoms with Crippen molar-refractivity contribution in [1.29, 1.82) is 0 Å². The monoisotopic (exact) mass is 392 g/mol. The number of halogens is 2. The van der Waals surface area contributed by atoms with Crippen LogP contribution in [0.4, 0.5) is 14.7 Å². The molecule has 0 unspecified atom stereocenters. The maximum atomic E-state index is 14.5. The third kappa shape index (κ3) is 3.84. The van der Waals surface area contributed by atoms with E-state index in [1.165, 1.54) is 24.4 Å². The zero-order valence-corrected chi connectivity index (χ0v) is 14.9. The minimum absolute atomic E-state index is 0.114. The molecule has 0 aliphatic rings. The number of aromatic nitrogens is 4. The van der Waals surface area contributed by atoms with Gasteiger partial charge in [-0.3, -0.25) is 20.6 Å². The van der Waals surface area contributed by atoms with Gasteiger partial charge in [-0.05, 0) is 18.2 Å². The van der Waals surface area contributed by atoms with Crippen molar-refractivity contribution < 1.29 is 13.6 Å². The molecule has 7 nitrogen and oxygen atoms in total. The zero-order chi connectivity index (χ0) is 20.3. The first-order valence-electron chi connectivity index (χ1n) is 8.59. The Morgan fingerprint density at radius 1 is 0.931 bits per heavy atom. The Hall–Kier alpha value is -4.01. The molecule has 29 heavy (non-hydrogen) atoms. The number of hydrogen-bond acceptors (Lipinski definition) is 6. The van der Waals surface area contributed by atoms with Crippen molar-refractivity contribution >= 4 is 22.8 Å². The number of carbonyl (C=O) groups is 1. The number of fused-ring (bicyclic) bond motifs is 1. The first-order chi connectivity index (χ1) is 14.0. The molecule has 144 valence electrons. The lowest BCUT2D eigenvalue weighted by atomic mass is 10.1. The summed E-state index contributed by atoms with van der Waals surface area (Å²) in [4.78, 5) is 20.1. The highest BCUT2D eigenvalue weighted by molar-refractivity contribution is 5.87. The second-order valence-electron chi connectivity index (χ2n) is 6.10. The van der Waals surface area contributed by atoms with Crippen LogP contribution in [0.1, 0.15) is 5.56 Å². The molecule has 2 heterocycles. The van der Waals surface area contributed by atoms with Crippen molar-refractivity contribution in [1.82, 2.24) is 25.6 Å². The molecule has 2 N–H and O–H groups in total. The molecule has 0 spiro atoms. The normalized spacial score (nSPS) is 11.2. The lowest BCUT2D eigenvalue weighted by Gasteiger charge is -2.17. The van der Waals surface area contributed by atoms with Crippen molar-refractivity contribution in [3.63, 3.8) is 0 Å². The summed E-state index contributed by atoms with van der Waals surface area (Å²) in [6.45, 7) is 0. The number of hydrogen-bond donors (Lipinski definition) is 2. The Labute approximate surface area is 163 Å². The quantitative estimate of drug-likeness (QED) is 0.506. The summed E-state index contributed by atoms with van der Waals surface area (Å²) >= 11 is 0. The third-order valence-electron chi connectivity index (χ3n) is 4.17. The highest BCUT2D eigenvalue weighted by atomic mass is 19.3. The predicted octanol–water partition coefficient (Wildman–Crippen LogP) is 3.32. The van der Waals surface area contributed by atoms with E-state index < -0.39 is 17.4 Å². The minimum atomic E-state index is -3.77. The molecule has 0 saturated heterocycles. The van der Waals surface area contributed by atoms with E-state index in [0.717, 1.165) is 5.56 Å². The van der Waals surface area contributed by atoms with Gasteiger partial charge in [0.05, 0.1) is 11.7 Å². The summed E-state index contributed by atoms with van der Waals surface area (Å²) in [6, 6.07) is 16.3. The Bertz CT molecular complexity index is 1150. The molecule has 0 atom stereocenters. The van der Waals surface area contributed by atoms with Gasteiger partial charge < -0.3 is 0 Å². The Balaban J connectivity index is 1.45. The number of carbonyl (C=O) groups excluding carboxylic acids is 1. The highest BCUT2D eigenvalue weighted by Crippen LogP contribution is 2.30. The number of pyridine rings is 1. The van der Waals surface area contributed by atoms with Gasteiger partial charge in [-0.15, -0.1) is 10.2 Å². The highest BCUT2D eigenvalue weighted by Gasteiger charge is 2.41. The maximum Gasteiger partial charge on any atom is 0.351 e. The second-order valence-corrected chi connectivity index (χ2v) is 6.10. The summed E-state index contributed by atoms with van der Waals surface area (Å²) < 4.78 is 29.1. The Kier molecular flexibility index (Phi) is 4.78. The molecule has 0 saturated carbocycles. The number of nitrogens with zero attached hydrogens (tertiary/aromatic N) is 4. The van der Waals surface area contributed by atoms with Gasteiger partial charge in [0.2, 0.25) is 0 Å². The SMILES string of the molecule is O=C(NNc1ncc(-c2ccccc2)nn1)C(F)(F)c1ccc2ncccc2c1. The standard InChI is InChI=1S/C20H14F2N6O/c21-20(22,15-8-9-16-14(11-15)7-4-10-23-16)18(29)26-28-19-24-12-17(25-27-19)13-5-2-1-3-6-13/h1-12H,(H,26,29)(H,24,27,28). The van der Waals surface area contributed by atoms with E-state index in [2.05, 4.69) is 25.6 Å². The lowest BCUT2D eigenvalue weighted by molar-refractivity contribution is -0.146. The van der Waals surface area contributed by atoms with E-state index in [-0.39, 0.29) is 5.95 Å². The van der Waals surface area contributed by atoms with E-state index in [0.29, 0.717) is 16.6 Å². The number of benzene rings is 2. The minimum Gasteiger partial charge on any atom is -0.266 e. The summed E-state index contributed by atoms with van der Waals surface area (Å²) in [7, 11) is 0. The van der Waals surface area contributed by atoms with Crippen LogP contribution in [0, 0.1) is 0 Å². The van der Waals surface area contributed by atoms with Crippen molar-refractivity contribution in [2.45, 2.75) is 5.92 Å². The fourth-order valence-corrected chi connectivity index (χ4v) is 2.67. The van der Waals surface area contributed by atoms with Crippen molar-refractivity contribution in [3.8, 4) is 11.3 Å². The van der Waals surface area contributed by atoms with Crippen molar-refractivity contribution in [2.24, 2.45) is 0 Å². The van der Waals surface area contributed by atoms with E-state index in [1.807, 2.05) is 35.8 Å². The Morgan fingerprint density at radius 3 is 2.52 bits per heavy atom. The van der Waals surface area contributed by atoms with Gasteiger partial charge in [0.25, 0.3) is 5.95 Å². The maximum absolute atomic E-state index is 14.5. The van der Waals surface area contributed by atoms with Crippen LogP contribution >= 0.6 is 0 Å². The second kappa shape index (κ2) is 7.55. The van der Waals surface area contributed by atoms with Crippen molar-refractivity contribution in [2.75, 3.05) is 5.43 Å². The summed E-state index contributed by atoms with van der Waals surface area (Å²) in [5, 5.41) is 8.25. The van der Waals surface area contributed by atoms with Gasteiger partial charge in [-0.25, -0.2) is 4.98 Å². The molecule has 0 bridgehead atoms. The predicted molar refractivity (Wildman–Crippen MR) is 103 cm³/mol. The first-order valence-corrected chi connectivity index (χ1v) is 8.59. The van der Waals surface area contributed by atoms with Crippen LogP contribution in [0.5, 0.6) is 0 Å².